The van der Waals surface area contributed by atoms with Crippen LogP contribution in [-0.2, 0) is 73.5 Å². The molecular weight excluding hydrogens is 1280 g/mol. The Morgan fingerprint density at radius 1 is 0.766 bits per heavy atom. The second-order valence-corrected chi connectivity index (χ2v) is 29.9. The zero-order chi connectivity index (χ0) is 68.4. The molecule has 518 valence electrons. The molecule has 2 aromatic heterocycles. The molecule has 0 bridgehead atoms. The van der Waals surface area contributed by atoms with Crippen molar-refractivity contribution in [1.82, 2.24) is 15.2 Å². The number of hydrogen-bond donors (Lipinski definition) is 3. The van der Waals surface area contributed by atoms with Gasteiger partial charge < -0.3 is 75.8 Å². The molecule has 3 aliphatic heterocycles. The summed E-state index contributed by atoms with van der Waals surface area (Å²) in [5.74, 6) is -4.70. The molecule has 4 aromatic rings. The van der Waals surface area contributed by atoms with Crippen molar-refractivity contribution in [1.29, 1.82) is 0 Å². The number of nitrogens with two attached hydrogens (primary N) is 1. The van der Waals surface area contributed by atoms with Crippen LogP contribution in [0.15, 0.2) is 44.0 Å². The van der Waals surface area contributed by atoms with Crippen molar-refractivity contribution in [2.24, 2.45) is 16.6 Å². The number of Topliss-reactive ketones (excluding diaryl/α,β-unsaturated/α-hetero) is 2. The molecule has 1 fully saturated rings. The number of hydrogen-bond acceptors (Lipinski definition) is 21. The van der Waals surface area contributed by atoms with E-state index in [9.17, 15) is 42.0 Å². The van der Waals surface area contributed by atoms with E-state index < -0.39 is 143 Å². The van der Waals surface area contributed by atoms with Gasteiger partial charge in [0.25, 0.3) is 0 Å². The van der Waals surface area contributed by atoms with Gasteiger partial charge >= 0.3 is 23.5 Å². The van der Waals surface area contributed by atoms with E-state index >= 15 is 0 Å². The Balaban J connectivity index is 0.0000140. The standard InChI is InChI=1S/C67H91N5O19S2.ClH/c1-39-40(2)62(41(3)44-34-67(13,14)90-59(39)44)93(80,81)37-53(68)69-23-15-16-46(48(73)18-20-54(75)71-47(32-58(78)89-65(7,8)9)49(74)30-43(35-87-64(4,5)6)63(79)91-66(10,11)12)70-55(76)21-22-57(77)86-38-85-52-33-56(72-24-26-82-27-25-72)88-60-45(36-92-61(52)60)42-17-19-50-51(31-42)84-29-28-83-50;/h17,19,31,33,36,43,46-47H,15-16,18,20-30,32,34-35,37-38H2,1-14H3,(H3-,68,69,70,71,75,76);1H/t43-,46-,47-;/m0./s1. The third kappa shape index (κ3) is 21.7. The predicted octanol–water partition coefficient (Wildman–Crippen LogP) is 4.43. The zero-order valence-electron chi connectivity index (χ0n) is 56.5. The Kier molecular flexibility index (Phi) is 25.9. The van der Waals surface area contributed by atoms with Gasteiger partial charge in [0.1, 0.15) is 65.3 Å². The first kappa shape index (κ1) is 75.9. The summed E-state index contributed by atoms with van der Waals surface area (Å²) < 4.78 is 89.3. The topological polar surface area (TPSA) is 315 Å². The number of aliphatic imine (C=N–C) groups is 1. The molecule has 0 spiro atoms. The molecule has 3 aliphatic rings. The molecule has 0 unspecified atom stereocenters. The molecule has 0 radical (unpaired) electrons. The largest absolute Gasteiger partial charge is 1.00 e. The van der Waals surface area contributed by atoms with E-state index in [-0.39, 0.29) is 49.1 Å². The molecule has 94 heavy (non-hydrogen) atoms. The average molecular weight is 1370 g/mol. The molecular formula is C67H92ClN5O19S2. The van der Waals surface area contributed by atoms with Gasteiger partial charge in [0, 0.05) is 55.2 Å². The van der Waals surface area contributed by atoms with Gasteiger partial charge in [-0.1, -0.05) is 6.07 Å². The average Bonchev–Trinajstić information content (AvgIpc) is 1.53. The lowest BCUT2D eigenvalue weighted by Gasteiger charge is -2.28. The van der Waals surface area contributed by atoms with E-state index in [0.717, 1.165) is 22.3 Å². The molecule has 5 heterocycles. The van der Waals surface area contributed by atoms with Crippen molar-refractivity contribution in [2.75, 3.05) is 65.2 Å². The summed E-state index contributed by atoms with van der Waals surface area (Å²) in [4.78, 5) is 100. The second kappa shape index (κ2) is 32.1. The SMILES string of the molecule is Cc1c(C)c(S(=O)(=O)CC(N)=NCCC[C@H](NC(=O)CCC(=O)OCOc2cc(=[N+]3CCOCC3)oc3c(-c4ccc5c(c4)OCCO5)csc23)C(=O)CCC(=O)N[C@@H](CC(=O)OC(C)(C)C)C(=O)C[C@@H](COC(C)(C)C)C(=O)OC(C)(C)C)c(C)c2c1OC(C)(C)C2.[Cl-]. The van der Waals surface area contributed by atoms with Crippen LogP contribution in [0.4, 0.5) is 0 Å². The lowest BCUT2D eigenvalue weighted by molar-refractivity contribution is -0.165. The number of esters is 3. The van der Waals surface area contributed by atoms with Crippen LogP contribution in [0.25, 0.3) is 21.4 Å². The summed E-state index contributed by atoms with van der Waals surface area (Å²) in [7, 11) is -4.01. The molecule has 2 aromatic carbocycles. The van der Waals surface area contributed by atoms with Gasteiger partial charge in [0.05, 0.1) is 54.0 Å². The van der Waals surface area contributed by atoms with E-state index in [4.69, 9.17) is 52.8 Å². The number of ketones is 2. The molecule has 0 aliphatic carbocycles. The number of ether oxygens (including phenoxy) is 9. The lowest BCUT2D eigenvalue weighted by Crippen LogP contribution is -3.00. The quantitative estimate of drug-likeness (QED) is 0.0135. The van der Waals surface area contributed by atoms with E-state index in [0.29, 0.717) is 95.9 Å². The molecule has 4 N–H and O–H groups in total. The highest BCUT2D eigenvalue weighted by Crippen LogP contribution is 2.45. The van der Waals surface area contributed by atoms with E-state index in [1.54, 1.807) is 82.2 Å². The van der Waals surface area contributed by atoms with Crippen molar-refractivity contribution in [3.8, 4) is 34.1 Å². The summed E-state index contributed by atoms with van der Waals surface area (Å²) in [5.41, 5.74) is 8.56. The Morgan fingerprint density at radius 2 is 1.41 bits per heavy atom. The first-order chi connectivity index (χ1) is 43.5. The predicted molar refractivity (Wildman–Crippen MR) is 347 cm³/mol. The number of rotatable bonds is 28. The van der Waals surface area contributed by atoms with E-state index in [2.05, 4.69) is 15.6 Å². The first-order valence-corrected chi connectivity index (χ1v) is 33.9. The fourth-order valence-electron chi connectivity index (χ4n) is 10.8. The minimum Gasteiger partial charge on any atom is -1.00 e. The van der Waals surface area contributed by atoms with Gasteiger partial charge in [0.15, 0.2) is 57.3 Å². The van der Waals surface area contributed by atoms with E-state index in [1.165, 1.54) is 11.3 Å². The second-order valence-electron chi connectivity index (χ2n) is 27.1. The maximum Gasteiger partial charge on any atom is 0.371 e. The smallest absolute Gasteiger partial charge is 0.371 e. The Labute approximate surface area is 560 Å². The summed E-state index contributed by atoms with van der Waals surface area (Å²) in [6, 6.07) is 4.63. The highest BCUT2D eigenvalue weighted by atomic mass is 35.5. The fourth-order valence-corrected chi connectivity index (χ4v) is 13.6. The minimum atomic E-state index is -4.01. The molecule has 7 rings (SSSR count). The van der Waals surface area contributed by atoms with Crippen LogP contribution in [0.3, 0.4) is 0 Å². The van der Waals surface area contributed by atoms with Crippen molar-refractivity contribution >= 4 is 78.6 Å². The number of nitrogens with zero attached hydrogens (tertiary/aromatic N) is 2. The number of sulfone groups is 1. The van der Waals surface area contributed by atoms with Gasteiger partial charge in [-0.05, 0) is 144 Å². The van der Waals surface area contributed by atoms with Crippen LogP contribution in [-0.4, -0.2) is 155 Å². The van der Waals surface area contributed by atoms with Crippen LogP contribution in [0.5, 0.6) is 23.0 Å². The normalized spacial score (nSPS) is 15.7. The monoisotopic (exact) mass is 1370 g/mol. The lowest BCUT2D eigenvalue weighted by atomic mass is 9.94. The minimum absolute atomic E-state index is 0. The zero-order valence-corrected chi connectivity index (χ0v) is 58.9. The van der Waals surface area contributed by atoms with Gasteiger partial charge in [-0.15, -0.1) is 11.3 Å². The Hall–Kier alpha value is -7.13. The first-order valence-electron chi connectivity index (χ1n) is 31.4. The molecule has 24 nitrogen and oxygen atoms in total. The number of thiophene rings is 1. The molecule has 0 saturated carbocycles. The number of amides is 2. The fraction of sp³-hybridized carbons (Fsp3) is 0.597. The van der Waals surface area contributed by atoms with Crippen LogP contribution >= 0.6 is 11.3 Å². The Bertz CT molecular complexity index is 3680. The maximum atomic E-state index is 14.2. The number of carbonyl (C=O) groups is 7. The van der Waals surface area contributed by atoms with Gasteiger partial charge in [-0.3, -0.25) is 38.6 Å². The number of fused-ring (bicyclic) bond motifs is 3. The summed E-state index contributed by atoms with van der Waals surface area (Å²) in [6.45, 7) is 26.6. The van der Waals surface area contributed by atoms with Crippen LogP contribution in [0.1, 0.15) is 150 Å². The highest BCUT2D eigenvalue weighted by Gasteiger charge is 2.38. The molecule has 27 heteroatoms. The van der Waals surface area contributed by atoms with Gasteiger partial charge in [0.2, 0.25) is 18.6 Å². The molecule has 2 amide bonds. The summed E-state index contributed by atoms with van der Waals surface area (Å²) in [5, 5.41) is 7.19. The molecule has 3 atom stereocenters. The van der Waals surface area contributed by atoms with Gasteiger partial charge in [-0.25, -0.2) is 8.42 Å². The van der Waals surface area contributed by atoms with Gasteiger partial charge in [-0.2, -0.15) is 4.58 Å². The molecule has 1 saturated heterocycles. The van der Waals surface area contributed by atoms with Crippen molar-refractivity contribution in [2.45, 2.75) is 194 Å². The summed E-state index contributed by atoms with van der Waals surface area (Å²) in [6.07, 6.45) is -2.32. The van der Waals surface area contributed by atoms with Crippen LogP contribution < -0.4 is 57.9 Å². The highest BCUT2D eigenvalue weighted by molar-refractivity contribution is 7.92. The third-order valence-electron chi connectivity index (χ3n) is 15.2. The number of nitrogens with one attached hydrogen (secondary N) is 2. The maximum absolute atomic E-state index is 14.2. The number of carbonyl (C=O) groups excluding carboxylic acids is 7. The third-order valence-corrected chi connectivity index (χ3v) is 18.1. The van der Waals surface area contributed by atoms with E-state index in [1.807, 2.05) is 48.9 Å². The summed E-state index contributed by atoms with van der Waals surface area (Å²) >= 11 is 1.37. The number of morpholine rings is 1. The van der Waals surface area contributed by atoms with Crippen LogP contribution in [0, 0.1) is 26.7 Å². The number of amidine groups is 1. The van der Waals surface area contributed by atoms with Crippen molar-refractivity contribution in [3.63, 3.8) is 0 Å². The number of halogens is 1. The van der Waals surface area contributed by atoms with Crippen molar-refractivity contribution < 1.29 is 101 Å². The van der Waals surface area contributed by atoms with Crippen LogP contribution in [0.2, 0.25) is 0 Å². The number of benzene rings is 2. The Morgan fingerprint density at radius 3 is 2.07 bits per heavy atom. The van der Waals surface area contributed by atoms with Crippen molar-refractivity contribution in [3.05, 3.63) is 57.5 Å².